The number of alkyl halides is 2. The van der Waals surface area contributed by atoms with E-state index >= 15 is 0 Å². The number of halogens is 3. The lowest BCUT2D eigenvalue weighted by Gasteiger charge is -2.10. The van der Waals surface area contributed by atoms with Gasteiger partial charge >= 0.3 is 5.97 Å². The second kappa shape index (κ2) is 4.39. The van der Waals surface area contributed by atoms with Crippen LogP contribution in [0, 0.1) is 0 Å². The van der Waals surface area contributed by atoms with Crippen molar-refractivity contribution in [1.29, 1.82) is 0 Å². The molecule has 4 nitrogen and oxygen atoms in total. The minimum atomic E-state index is -2.92. The van der Waals surface area contributed by atoms with Gasteiger partial charge in [0.2, 0.25) is 0 Å². The summed E-state index contributed by atoms with van der Waals surface area (Å²) in [6.07, 6.45) is -1.95. The number of rotatable bonds is 2. The molecule has 0 radical (unpaired) electrons. The summed E-state index contributed by atoms with van der Waals surface area (Å²) in [7, 11) is 1.05. The van der Waals surface area contributed by atoms with Gasteiger partial charge in [-0.15, -0.1) is 0 Å². The Balaban J connectivity index is 3.45. The molecule has 0 unspecified atom stereocenters. The lowest BCUT2D eigenvalue weighted by atomic mass is 10.1. The molecule has 1 heterocycles. The van der Waals surface area contributed by atoms with Crippen LogP contribution in [0.5, 0.6) is 0 Å². The van der Waals surface area contributed by atoms with Gasteiger partial charge in [-0.2, -0.15) is 0 Å². The Labute approximate surface area is 89.0 Å². The second-order valence-corrected chi connectivity index (χ2v) is 2.94. The van der Waals surface area contributed by atoms with Crippen molar-refractivity contribution in [3.63, 3.8) is 0 Å². The average molecular weight is 237 g/mol. The highest BCUT2D eigenvalue weighted by Gasteiger charge is 2.25. The smallest absolute Gasteiger partial charge is 0.341 e. The third-order valence-corrected chi connectivity index (χ3v) is 2.00. The van der Waals surface area contributed by atoms with E-state index in [-0.39, 0.29) is 10.8 Å². The van der Waals surface area contributed by atoms with Crippen LogP contribution in [0.4, 0.5) is 14.5 Å². The zero-order valence-electron chi connectivity index (χ0n) is 7.63. The van der Waals surface area contributed by atoms with E-state index in [1.165, 1.54) is 0 Å². The third-order valence-electron chi connectivity index (χ3n) is 1.71. The number of nitrogens with two attached hydrogens (primary N) is 1. The van der Waals surface area contributed by atoms with Gasteiger partial charge in [-0.05, 0) is 0 Å². The number of hydrogen-bond acceptors (Lipinski definition) is 4. The average Bonchev–Trinajstić information content (AvgIpc) is 2.19. The van der Waals surface area contributed by atoms with Gasteiger partial charge < -0.3 is 10.5 Å². The van der Waals surface area contributed by atoms with Gasteiger partial charge in [0.15, 0.2) is 0 Å². The first-order valence-electron chi connectivity index (χ1n) is 3.79. The summed E-state index contributed by atoms with van der Waals surface area (Å²) < 4.78 is 29.5. The molecule has 1 aromatic rings. The van der Waals surface area contributed by atoms with Gasteiger partial charge in [-0.1, -0.05) is 11.6 Å². The molecule has 82 valence electrons. The Bertz CT molecular complexity index is 398. The summed E-state index contributed by atoms with van der Waals surface area (Å²) in [5, 5.41) is -0.355. The van der Waals surface area contributed by atoms with Gasteiger partial charge in [-0.25, -0.2) is 18.6 Å². The van der Waals surface area contributed by atoms with E-state index in [1.54, 1.807) is 0 Å². The van der Waals surface area contributed by atoms with E-state index < -0.39 is 23.5 Å². The van der Waals surface area contributed by atoms with Crippen LogP contribution in [0.25, 0.3) is 0 Å². The van der Waals surface area contributed by atoms with Gasteiger partial charge in [0.25, 0.3) is 6.43 Å². The fourth-order valence-electron chi connectivity index (χ4n) is 1.05. The molecule has 0 spiro atoms. The van der Waals surface area contributed by atoms with Gasteiger partial charge in [0.1, 0.15) is 10.7 Å². The molecular formula is C8H7ClF2N2O2. The van der Waals surface area contributed by atoms with Crippen molar-refractivity contribution in [1.82, 2.24) is 4.98 Å². The summed E-state index contributed by atoms with van der Waals surface area (Å²) in [6, 6.07) is 0. The highest BCUT2D eigenvalue weighted by Crippen LogP contribution is 2.32. The van der Waals surface area contributed by atoms with Crippen molar-refractivity contribution < 1.29 is 18.3 Å². The number of hydrogen-bond donors (Lipinski definition) is 1. The van der Waals surface area contributed by atoms with Crippen LogP contribution in [0.2, 0.25) is 5.15 Å². The van der Waals surface area contributed by atoms with Crippen molar-refractivity contribution in [2.24, 2.45) is 0 Å². The number of aromatic nitrogens is 1. The minimum Gasteiger partial charge on any atom is -0.465 e. The molecule has 0 aliphatic rings. The summed E-state index contributed by atoms with van der Waals surface area (Å²) in [4.78, 5) is 14.7. The lowest BCUT2D eigenvalue weighted by molar-refractivity contribution is 0.0589. The molecule has 0 aromatic carbocycles. The number of carbonyl (C=O) groups is 1. The number of nitrogen functional groups attached to an aromatic ring is 1. The molecule has 7 heteroatoms. The van der Waals surface area contributed by atoms with Crippen LogP contribution in [0.1, 0.15) is 22.3 Å². The van der Waals surface area contributed by atoms with Gasteiger partial charge in [0.05, 0.1) is 24.6 Å². The highest BCUT2D eigenvalue weighted by atomic mass is 35.5. The Morgan fingerprint density at radius 2 is 2.27 bits per heavy atom. The topological polar surface area (TPSA) is 65.2 Å². The number of nitrogens with zero attached hydrogens (tertiary/aromatic N) is 1. The van der Waals surface area contributed by atoms with Crippen LogP contribution in [-0.4, -0.2) is 18.1 Å². The third kappa shape index (κ3) is 2.15. The van der Waals surface area contributed by atoms with E-state index in [9.17, 15) is 13.6 Å². The molecule has 2 N–H and O–H groups in total. The number of carbonyl (C=O) groups excluding carboxylic acids is 1. The van der Waals surface area contributed by atoms with Crippen molar-refractivity contribution in [2.75, 3.05) is 12.8 Å². The molecule has 15 heavy (non-hydrogen) atoms. The Kier molecular flexibility index (Phi) is 3.41. The summed E-state index contributed by atoms with van der Waals surface area (Å²) in [5.74, 6) is -0.991. The van der Waals surface area contributed by atoms with Crippen LogP contribution in [0.15, 0.2) is 6.20 Å². The number of esters is 1. The maximum Gasteiger partial charge on any atom is 0.341 e. The Morgan fingerprint density at radius 1 is 1.67 bits per heavy atom. The van der Waals surface area contributed by atoms with E-state index in [4.69, 9.17) is 17.3 Å². The molecule has 1 rings (SSSR count). The molecule has 0 fully saturated rings. The molecule has 0 bridgehead atoms. The highest BCUT2D eigenvalue weighted by molar-refractivity contribution is 6.32. The molecule has 0 saturated heterocycles. The van der Waals surface area contributed by atoms with Gasteiger partial charge in [0, 0.05) is 0 Å². The predicted octanol–water partition coefficient (Wildman–Crippen LogP) is 2.04. The maximum absolute atomic E-state index is 12.6. The number of methoxy groups -OCH3 is 1. The zero-order valence-corrected chi connectivity index (χ0v) is 8.39. The van der Waals surface area contributed by atoms with Crippen molar-refractivity contribution in [2.45, 2.75) is 6.43 Å². The van der Waals surface area contributed by atoms with Crippen LogP contribution in [-0.2, 0) is 4.74 Å². The van der Waals surface area contributed by atoms with Crippen LogP contribution < -0.4 is 5.73 Å². The molecule has 0 saturated carbocycles. The zero-order chi connectivity index (χ0) is 11.6. The predicted molar refractivity (Wildman–Crippen MR) is 50.0 cm³/mol. The summed E-state index contributed by atoms with van der Waals surface area (Å²) >= 11 is 5.52. The van der Waals surface area contributed by atoms with Crippen molar-refractivity contribution in [3.8, 4) is 0 Å². The lowest BCUT2D eigenvalue weighted by Crippen LogP contribution is -2.11. The van der Waals surface area contributed by atoms with E-state index in [0.717, 1.165) is 13.3 Å². The van der Waals surface area contributed by atoms with Crippen molar-refractivity contribution in [3.05, 3.63) is 22.5 Å². The molecular weight excluding hydrogens is 230 g/mol. The van der Waals surface area contributed by atoms with Crippen LogP contribution in [0.3, 0.4) is 0 Å². The Morgan fingerprint density at radius 3 is 2.73 bits per heavy atom. The quantitative estimate of drug-likeness (QED) is 0.630. The standard InChI is InChI=1S/C8H7ClF2N2O2/c1-15-8(14)5-4(7(10)11)3(12)2-13-6(5)9/h2,7H,12H2,1H3. The first-order chi connectivity index (χ1) is 6.99. The number of ether oxygens (including phenoxy) is 1. The molecule has 1 aromatic heterocycles. The normalized spacial score (nSPS) is 10.5. The summed E-state index contributed by atoms with van der Waals surface area (Å²) in [5.41, 5.74) is 3.84. The molecule has 0 aliphatic carbocycles. The SMILES string of the molecule is COC(=O)c1c(Cl)ncc(N)c1C(F)F. The monoisotopic (exact) mass is 236 g/mol. The van der Waals surface area contributed by atoms with E-state index in [1.807, 2.05) is 0 Å². The first kappa shape index (κ1) is 11.6. The largest absolute Gasteiger partial charge is 0.465 e. The molecule has 0 amide bonds. The van der Waals surface area contributed by atoms with E-state index in [2.05, 4.69) is 9.72 Å². The molecule has 0 aliphatic heterocycles. The van der Waals surface area contributed by atoms with Crippen molar-refractivity contribution >= 4 is 23.3 Å². The molecule has 0 atom stereocenters. The first-order valence-corrected chi connectivity index (χ1v) is 4.17. The fourth-order valence-corrected chi connectivity index (χ4v) is 1.27. The number of anilines is 1. The summed E-state index contributed by atoms with van der Waals surface area (Å²) in [6.45, 7) is 0. The Hall–Kier alpha value is -1.43. The van der Waals surface area contributed by atoms with E-state index in [0.29, 0.717) is 0 Å². The number of pyridine rings is 1. The fraction of sp³-hybridized carbons (Fsp3) is 0.250. The maximum atomic E-state index is 12.6. The van der Waals surface area contributed by atoms with Crippen LogP contribution >= 0.6 is 11.6 Å². The minimum absolute atomic E-state index is 0.296. The second-order valence-electron chi connectivity index (χ2n) is 2.59. The van der Waals surface area contributed by atoms with Gasteiger partial charge in [-0.3, -0.25) is 0 Å².